The Morgan fingerprint density at radius 3 is 2.61 bits per heavy atom. The molecule has 0 aromatic carbocycles. The van der Waals surface area contributed by atoms with Gasteiger partial charge in [0.05, 0.1) is 12.0 Å². The molecular formula is C10H11Cl2N3O3. The van der Waals surface area contributed by atoms with Crippen LogP contribution in [0.4, 0.5) is 0 Å². The van der Waals surface area contributed by atoms with Crippen LogP contribution in [0.3, 0.4) is 0 Å². The first kappa shape index (κ1) is 14.7. The lowest BCUT2D eigenvalue weighted by Gasteiger charge is -2.20. The van der Waals surface area contributed by atoms with Gasteiger partial charge < -0.3 is 10.0 Å². The van der Waals surface area contributed by atoms with Crippen LogP contribution in [-0.2, 0) is 4.79 Å². The summed E-state index contributed by atoms with van der Waals surface area (Å²) in [5.74, 6) is -1.39. The van der Waals surface area contributed by atoms with Crippen molar-refractivity contribution in [1.82, 2.24) is 15.1 Å². The van der Waals surface area contributed by atoms with Gasteiger partial charge in [0.1, 0.15) is 0 Å². The van der Waals surface area contributed by atoms with Crippen molar-refractivity contribution in [2.75, 3.05) is 13.1 Å². The van der Waals surface area contributed by atoms with Crippen molar-refractivity contribution < 1.29 is 14.7 Å². The van der Waals surface area contributed by atoms with Crippen molar-refractivity contribution >= 4 is 35.1 Å². The Kier molecular flexibility index (Phi) is 5.30. The number of carbonyl (C=O) groups excluding carboxylic acids is 1. The summed E-state index contributed by atoms with van der Waals surface area (Å²) in [5.41, 5.74) is 0.115. The number of carboxylic acids is 1. The SMILES string of the molecule is CCN(CCC(=O)O)C(=O)c1cc(Cl)nnc1Cl. The first-order valence-electron chi connectivity index (χ1n) is 5.15. The first-order chi connectivity index (χ1) is 8.45. The van der Waals surface area contributed by atoms with Gasteiger partial charge in [-0.2, -0.15) is 0 Å². The second-order valence-corrected chi connectivity index (χ2v) is 4.15. The number of rotatable bonds is 5. The molecule has 8 heteroatoms. The molecule has 1 rings (SSSR count). The van der Waals surface area contributed by atoms with Crippen LogP contribution in [0, 0.1) is 0 Å². The summed E-state index contributed by atoms with van der Waals surface area (Å²) in [4.78, 5) is 23.9. The Morgan fingerprint density at radius 2 is 2.06 bits per heavy atom. The third-order valence-electron chi connectivity index (χ3n) is 2.21. The standard InChI is InChI=1S/C10H11Cl2N3O3/c1-2-15(4-3-8(16)17)10(18)6-5-7(11)13-14-9(6)12/h5H,2-4H2,1H3,(H,16,17). The Morgan fingerprint density at radius 1 is 1.39 bits per heavy atom. The van der Waals surface area contributed by atoms with Crippen LogP contribution in [0.1, 0.15) is 23.7 Å². The molecular weight excluding hydrogens is 281 g/mol. The minimum Gasteiger partial charge on any atom is -0.481 e. The average Bonchev–Trinajstić information content (AvgIpc) is 2.32. The zero-order valence-electron chi connectivity index (χ0n) is 9.56. The topological polar surface area (TPSA) is 83.4 Å². The maximum atomic E-state index is 12.1. The predicted molar refractivity (Wildman–Crippen MR) is 65.9 cm³/mol. The smallest absolute Gasteiger partial charge is 0.305 e. The molecule has 0 aliphatic heterocycles. The summed E-state index contributed by atoms with van der Waals surface area (Å²) in [7, 11) is 0. The minimum atomic E-state index is -0.974. The third kappa shape index (κ3) is 3.82. The fourth-order valence-corrected chi connectivity index (χ4v) is 1.63. The number of hydrogen-bond donors (Lipinski definition) is 1. The van der Waals surface area contributed by atoms with Gasteiger partial charge in [-0.1, -0.05) is 23.2 Å². The number of nitrogens with zero attached hydrogens (tertiary/aromatic N) is 3. The second kappa shape index (κ2) is 6.51. The van der Waals surface area contributed by atoms with E-state index < -0.39 is 11.9 Å². The van der Waals surface area contributed by atoms with Crippen LogP contribution in [0.25, 0.3) is 0 Å². The van der Waals surface area contributed by atoms with E-state index in [1.807, 2.05) is 0 Å². The normalized spacial score (nSPS) is 10.2. The van der Waals surface area contributed by atoms with Gasteiger partial charge in [0.25, 0.3) is 5.91 Å². The highest BCUT2D eigenvalue weighted by Crippen LogP contribution is 2.17. The van der Waals surface area contributed by atoms with E-state index in [-0.39, 0.29) is 28.8 Å². The van der Waals surface area contributed by atoms with E-state index in [9.17, 15) is 9.59 Å². The minimum absolute atomic E-state index is 0.0528. The molecule has 1 heterocycles. The van der Waals surface area contributed by atoms with Gasteiger partial charge in [-0.05, 0) is 13.0 Å². The summed E-state index contributed by atoms with van der Waals surface area (Å²) < 4.78 is 0. The Bertz CT molecular complexity index is 468. The van der Waals surface area contributed by atoms with E-state index in [2.05, 4.69) is 10.2 Å². The van der Waals surface area contributed by atoms with Crippen molar-refractivity contribution in [2.24, 2.45) is 0 Å². The summed E-state index contributed by atoms with van der Waals surface area (Å²) in [6.07, 6.45) is -0.135. The number of amides is 1. The van der Waals surface area contributed by atoms with Gasteiger partial charge in [0, 0.05) is 13.1 Å². The Balaban J connectivity index is 2.89. The van der Waals surface area contributed by atoms with Crippen LogP contribution in [0.15, 0.2) is 6.07 Å². The molecule has 0 atom stereocenters. The van der Waals surface area contributed by atoms with Crippen LogP contribution < -0.4 is 0 Å². The number of carboxylic acid groups (broad SMARTS) is 1. The quantitative estimate of drug-likeness (QED) is 0.893. The highest BCUT2D eigenvalue weighted by molar-refractivity contribution is 6.34. The molecule has 1 aromatic rings. The third-order valence-corrected chi connectivity index (χ3v) is 2.68. The maximum Gasteiger partial charge on any atom is 0.305 e. The van der Waals surface area contributed by atoms with Crippen molar-refractivity contribution in [2.45, 2.75) is 13.3 Å². The van der Waals surface area contributed by atoms with Crippen LogP contribution in [-0.4, -0.2) is 45.2 Å². The molecule has 1 N–H and O–H groups in total. The lowest BCUT2D eigenvalue weighted by molar-refractivity contribution is -0.137. The van der Waals surface area contributed by atoms with Gasteiger partial charge in [0.2, 0.25) is 0 Å². The summed E-state index contributed by atoms with van der Waals surface area (Å²) in [5, 5.41) is 15.6. The van der Waals surface area contributed by atoms with E-state index in [1.165, 1.54) is 11.0 Å². The van der Waals surface area contributed by atoms with Gasteiger partial charge in [0.15, 0.2) is 10.3 Å². The number of hydrogen-bond acceptors (Lipinski definition) is 4. The molecule has 0 aliphatic rings. The van der Waals surface area contributed by atoms with E-state index in [0.717, 1.165) is 0 Å². The van der Waals surface area contributed by atoms with Gasteiger partial charge in [-0.15, -0.1) is 10.2 Å². The van der Waals surface area contributed by atoms with E-state index >= 15 is 0 Å². The Hall–Kier alpha value is -1.40. The van der Waals surface area contributed by atoms with E-state index in [1.54, 1.807) is 6.92 Å². The highest BCUT2D eigenvalue weighted by Gasteiger charge is 2.19. The van der Waals surface area contributed by atoms with Crippen LogP contribution in [0.2, 0.25) is 10.3 Å². The van der Waals surface area contributed by atoms with Crippen molar-refractivity contribution in [3.63, 3.8) is 0 Å². The molecule has 0 saturated carbocycles. The lowest BCUT2D eigenvalue weighted by atomic mass is 10.2. The van der Waals surface area contributed by atoms with E-state index in [4.69, 9.17) is 28.3 Å². The van der Waals surface area contributed by atoms with Gasteiger partial charge in [-0.3, -0.25) is 9.59 Å². The molecule has 0 spiro atoms. The monoisotopic (exact) mass is 291 g/mol. The molecule has 1 aromatic heterocycles. The number of halogens is 2. The molecule has 0 fully saturated rings. The average molecular weight is 292 g/mol. The zero-order valence-corrected chi connectivity index (χ0v) is 11.1. The number of aromatic nitrogens is 2. The molecule has 18 heavy (non-hydrogen) atoms. The van der Waals surface area contributed by atoms with Crippen molar-refractivity contribution in [1.29, 1.82) is 0 Å². The Labute approximate surface area is 114 Å². The molecule has 0 bridgehead atoms. The molecule has 98 valence electrons. The van der Waals surface area contributed by atoms with Gasteiger partial charge in [-0.25, -0.2) is 0 Å². The summed E-state index contributed by atoms with van der Waals surface area (Å²) >= 11 is 11.4. The zero-order chi connectivity index (χ0) is 13.7. The van der Waals surface area contributed by atoms with Crippen molar-refractivity contribution in [3.8, 4) is 0 Å². The maximum absolute atomic E-state index is 12.1. The number of carbonyl (C=O) groups is 2. The first-order valence-corrected chi connectivity index (χ1v) is 5.91. The van der Waals surface area contributed by atoms with Crippen molar-refractivity contribution in [3.05, 3.63) is 21.9 Å². The van der Waals surface area contributed by atoms with Gasteiger partial charge >= 0.3 is 5.97 Å². The summed E-state index contributed by atoms with van der Waals surface area (Å²) in [6, 6.07) is 1.31. The molecule has 0 aliphatic carbocycles. The number of aliphatic carboxylic acids is 1. The fourth-order valence-electron chi connectivity index (χ4n) is 1.31. The fraction of sp³-hybridized carbons (Fsp3) is 0.400. The lowest BCUT2D eigenvalue weighted by Crippen LogP contribution is -2.33. The summed E-state index contributed by atoms with van der Waals surface area (Å²) in [6.45, 7) is 2.20. The molecule has 1 amide bonds. The van der Waals surface area contributed by atoms with Crippen LogP contribution in [0.5, 0.6) is 0 Å². The second-order valence-electron chi connectivity index (χ2n) is 3.40. The molecule has 0 radical (unpaired) electrons. The molecule has 0 saturated heterocycles. The molecule has 6 nitrogen and oxygen atoms in total. The molecule has 0 unspecified atom stereocenters. The highest BCUT2D eigenvalue weighted by atomic mass is 35.5. The predicted octanol–water partition coefficient (Wildman–Crippen LogP) is 1.72. The van der Waals surface area contributed by atoms with Crippen LogP contribution >= 0.6 is 23.2 Å². The van der Waals surface area contributed by atoms with E-state index in [0.29, 0.717) is 6.54 Å². The largest absolute Gasteiger partial charge is 0.481 e.